The Labute approximate surface area is 211 Å². The van der Waals surface area contributed by atoms with Gasteiger partial charge in [-0.1, -0.05) is 6.58 Å². The number of piperidine rings is 1. The maximum Gasteiger partial charge on any atom is 0.246 e. The summed E-state index contributed by atoms with van der Waals surface area (Å²) in [5.41, 5.74) is 2.78. The molecule has 192 valence electrons. The number of carbonyl (C=O) groups is 1. The topological polar surface area (TPSA) is 96.0 Å². The van der Waals surface area contributed by atoms with Crippen LogP contribution < -0.4 is 20.9 Å². The molecule has 1 aromatic carbocycles. The summed E-state index contributed by atoms with van der Waals surface area (Å²) in [5, 5.41) is 19.9. The molecule has 0 radical (unpaired) electrons. The molecule has 2 aromatic rings. The van der Waals surface area contributed by atoms with Crippen LogP contribution in [0.2, 0.25) is 0 Å². The second kappa shape index (κ2) is 10.4. The zero-order valence-electron chi connectivity index (χ0n) is 20.6. The molecule has 9 nitrogen and oxygen atoms in total. The van der Waals surface area contributed by atoms with Crippen molar-refractivity contribution in [1.29, 1.82) is 0 Å². The van der Waals surface area contributed by atoms with Crippen LogP contribution in [0, 0.1) is 5.82 Å². The van der Waals surface area contributed by atoms with Crippen LogP contribution in [0.25, 0.3) is 0 Å². The van der Waals surface area contributed by atoms with Crippen LogP contribution in [0.15, 0.2) is 36.9 Å². The fourth-order valence-electron chi connectivity index (χ4n) is 5.16. The summed E-state index contributed by atoms with van der Waals surface area (Å²) in [6.45, 7) is 8.94. The smallest absolute Gasteiger partial charge is 0.246 e. The quantitative estimate of drug-likeness (QED) is 0.454. The van der Waals surface area contributed by atoms with Crippen molar-refractivity contribution in [3.05, 3.63) is 53.9 Å². The molecule has 36 heavy (non-hydrogen) atoms. The monoisotopic (exact) mass is 495 g/mol. The summed E-state index contributed by atoms with van der Waals surface area (Å²) in [7, 11) is 2.13. The van der Waals surface area contributed by atoms with Crippen LogP contribution in [-0.2, 0) is 11.3 Å². The van der Waals surface area contributed by atoms with Gasteiger partial charge < -0.3 is 30.4 Å². The Kier molecular flexibility index (Phi) is 7.08. The summed E-state index contributed by atoms with van der Waals surface area (Å²) >= 11 is 0. The van der Waals surface area contributed by atoms with Gasteiger partial charge in [0.25, 0.3) is 0 Å². The van der Waals surface area contributed by atoms with Gasteiger partial charge in [0.1, 0.15) is 12.0 Å². The van der Waals surface area contributed by atoms with Gasteiger partial charge in [-0.3, -0.25) is 10.1 Å². The number of hydrogen-bond donors (Lipinski definition) is 4. The number of carbonyl (C=O) groups excluding carboxylic acids is 1. The number of nitrogens with one attached hydrogen (secondary N) is 3. The zero-order chi connectivity index (χ0) is 25.2. The van der Waals surface area contributed by atoms with Gasteiger partial charge in [-0.05, 0) is 50.2 Å². The lowest BCUT2D eigenvalue weighted by molar-refractivity contribution is -0.127. The number of likely N-dealkylation sites (tertiary alicyclic amines) is 1. The minimum absolute atomic E-state index is 0.124. The lowest BCUT2D eigenvalue weighted by Gasteiger charge is -2.34. The number of aromatic nitrogens is 1. The zero-order valence-corrected chi connectivity index (χ0v) is 20.6. The van der Waals surface area contributed by atoms with Crippen molar-refractivity contribution >= 4 is 28.9 Å². The molecule has 2 unspecified atom stereocenters. The molecule has 2 atom stereocenters. The molecule has 0 aliphatic carbocycles. The average Bonchev–Trinajstić information content (AvgIpc) is 3.29. The van der Waals surface area contributed by atoms with Crippen molar-refractivity contribution in [2.45, 2.75) is 31.7 Å². The van der Waals surface area contributed by atoms with E-state index in [9.17, 15) is 9.90 Å². The Hall–Kier alpha value is -3.21. The Bertz CT molecular complexity index is 1120. The third-order valence-corrected chi connectivity index (χ3v) is 7.27. The second-order valence-electron chi connectivity index (χ2n) is 9.73. The van der Waals surface area contributed by atoms with E-state index in [4.69, 9.17) is 0 Å². The maximum atomic E-state index is 15.4. The lowest BCUT2D eigenvalue weighted by atomic mass is 10.0. The molecule has 0 bridgehead atoms. The van der Waals surface area contributed by atoms with E-state index in [0.29, 0.717) is 30.0 Å². The summed E-state index contributed by atoms with van der Waals surface area (Å²) in [5.74, 6) is -0.0662. The normalized spacial score (nSPS) is 22.3. The van der Waals surface area contributed by atoms with Gasteiger partial charge >= 0.3 is 0 Å². The van der Waals surface area contributed by atoms with Gasteiger partial charge in [0, 0.05) is 74.4 Å². The molecule has 0 spiro atoms. The third-order valence-electron chi connectivity index (χ3n) is 7.27. The molecular weight excluding hydrogens is 461 g/mol. The highest BCUT2D eigenvalue weighted by Crippen LogP contribution is 2.36. The number of aliphatic hydroxyl groups excluding tert-OH is 1. The lowest BCUT2D eigenvalue weighted by Crippen LogP contribution is -2.44. The van der Waals surface area contributed by atoms with Gasteiger partial charge in [-0.25, -0.2) is 9.37 Å². The molecule has 1 aromatic heterocycles. The Morgan fingerprint density at radius 2 is 1.94 bits per heavy atom. The Balaban J connectivity index is 1.36. The van der Waals surface area contributed by atoms with Crippen molar-refractivity contribution in [1.82, 2.24) is 20.1 Å². The van der Waals surface area contributed by atoms with Crippen LogP contribution in [-0.4, -0.2) is 78.2 Å². The average molecular weight is 496 g/mol. The molecule has 4 heterocycles. The first kappa shape index (κ1) is 24.5. The number of anilines is 4. The molecule has 5 rings (SSSR count). The summed E-state index contributed by atoms with van der Waals surface area (Å²) in [6.07, 6.45) is 1.92. The van der Waals surface area contributed by atoms with Crippen molar-refractivity contribution in [2.24, 2.45) is 0 Å². The molecular formula is C26H34FN7O2. The minimum atomic E-state index is -1.00. The van der Waals surface area contributed by atoms with Crippen LogP contribution in [0.3, 0.4) is 0 Å². The van der Waals surface area contributed by atoms with Crippen LogP contribution in [0.1, 0.15) is 30.2 Å². The number of nitrogens with zero attached hydrogens (tertiary/aromatic N) is 4. The molecule has 3 aliphatic heterocycles. The van der Waals surface area contributed by atoms with Crippen molar-refractivity contribution in [3.8, 4) is 0 Å². The van der Waals surface area contributed by atoms with E-state index in [1.807, 2.05) is 12.1 Å². The third kappa shape index (κ3) is 5.02. The number of hydrogen-bond acceptors (Lipinski definition) is 8. The fraction of sp³-hybridized carbons (Fsp3) is 0.462. The molecule has 1 amide bonds. The number of fused-ring (bicyclic) bond motifs is 1. The number of aliphatic hydroxyl groups is 1. The van der Waals surface area contributed by atoms with E-state index in [1.165, 1.54) is 6.08 Å². The molecule has 4 N–H and O–H groups in total. The van der Waals surface area contributed by atoms with Gasteiger partial charge in [-0.15, -0.1) is 0 Å². The number of likely N-dealkylation sites (N-methyl/N-ethyl adjacent to an activating group) is 1. The standard InChI is InChI=1S/C26H34FN7O2/c1-3-21(35)34-10-4-5-18(16-34)30-25-23(27)20-15-28-26(36)22(20)24(31-25)29-17-6-8-19(9-7-17)33-13-11-32(2)12-14-33/h3,6-9,18,26,28,36H,1,4-5,10-16H2,2H3,(H2,29,30,31). The van der Waals surface area contributed by atoms with E-state index in [1.54, 1.807) is 4.90 Å². The van der Waals surface area contributed by atoms with E-state index < -0.39 is 12.0 Å². The van der Waals surface area contributed by atoms with E-state index >= 15 is 4.39 Å². The van der Waals surface area contributed by atoms with E-state index in [2.05, 4.69) is 56.5 Å². The van der Waals surface area contributed by atoms with E-state index in [-0.39, 0.29) is 24.3 Å². The minimum Gasteiger partial charge on any atom is -0.374 e. The van der Waals surface area contributed by atoms with Crippen LogP contribution in [0.5, 0.6) is 0 Å². The first-order chi connectivity index (χ1) is 17.4. The highest BCUT2D eigenvalue weighted by Gasteiger charge is 2.31. The Morgan fingerprint density at radius 1 is 1.19 bits per heavy atom. The van der Waals surface area contributed by atoms with E-state index in [0.717, 1.165) is 50.4 Å². The molecule has 2 saturated heterocycles. The summed E-state index contributed by atoms with van der Waals surface area (Å²) < 4.78 is 15.4. The van der Waals surface area contributed by atoms with Crippen molar-refractivity contribution < 1.29 is 14.3 Å². The maximum absolute atomic E-state index is 15.4. The summed E-state index contributed by atoms with van der Waals surface area (Å²) in [6, 6.07) is 7.97. The molecule has 2 fully saturated rings. The first-order valence-corrected chi connectivity index (χ1v) is 12.5. The number of halogens is 1. The molecule has 0 saturated carbocycles. The number of pyridine rings is 1. The second-order valence-corrected chi connectivity index (χ2v) is 9.73. The van der Waals surface area contributed by atoms with Gasteiger partial charge in [0.15, 0.2) is 11.6 Å². The summed E-state index contributed by atoms with van der Waals surface area (Å²) in [4.78, 5) is 23.0. The fourth-order valence-corrected chi connectivity index (χ4v) is 5.16. The highest BCUT2D eigenvalue weighted by molar-refractivity contribution is 5.87. The van der Waals surface area contributed by atoms with Crippen molar-refractivity contribution in [2.75, 3.05) is 61.8 Å². The van der Waals surface area contributed by atoms with Crippen LogP contribution >= 0.6 is 0 Å². The van der Waals surface area contributed by atoms with Gasteiger partial charge in [0.05, 0.1) is 0 Å². The first-order valence-electron chi connectivity index (χ1n) is 12.5. The number of benzene rings is 1. The van der Waals surface area contributed by atoms with Crippen LogP contribution in [0.4, 0.5) is 27.4 Å². The number of amides is 1. The molecule has 10 heteroatoms. The SMILES string of the molecule is C=CC(=O)N1CCCC(Nc2nc(Nc3ccc(N4CCN(C)CC4)cc3)c3c(c2F)CNC3O)C1. The molecule has 3 aliphatic rings. The highest BCUT2D eigenvalue weighted by atomic mass is 19.1. The predicted octanol–water partition coefficient (Wildman–Crippen LogP) is 2.40. The Morgan fingerprint density at radius 3 is 2.67 bits per heavy atom. The predicted molar refractivity (Wildman–Crippen MR) is 139 cm³/mol. The number of rotatable bonds is 6. The number of piperazine rings is 1. The van der Waals surface area contributed by atoms with Gasteiger partial charge in [-0.2, -0.15) is 0 Å². The van der Waals surface area contributed by atoms with Crippen molar-refractivity contribution in [3.63, 3.8) is 0 Å². The largest absolute Gasteiger partial charge is 0.374 e. The van der Waals surface area contributed by atoms with Gasteiger partial charge in [0.2, 0.25) is 5.91 Å².